The number of benzene rings is 1. The molecule has 1 aromatic rings. The van der Waals surface area contributed by atoms with E-state index in [1.54, 1.807) is 0 Å². The van der Waals surface area contributed by atoms with Gasteiger partial charge >= 0.3 is 0 Å². The van der Waals surface area contributed by atoms with Gasteiger partial charge in [0.1, 0.15) is 0 Å². The topological polar surface area (TPSA) is 38.0 Å². The zero-order chi connectivity index (χ0) is 11.3. The maximum atomic E-state index is 6.10. The van der Waals surface area contributed by atoms with E-state index in [0.717, 1.165) is 16.5 Å². The van der Waals surface area contributed by atoms with Crippen LogP contribution in [0.1, 0.15) is 24.4 Å². The molecule has 0 aliphatic carbocycles. The predicted molar refractivity (Wildman–Crippen MR) is 67.3 cm³/mol. The van der Waals surface area contributed by atoms with Gasteiger partial charge < -0.3 is 0 Å². The summed E-state index contributed by atoms with van der Waals surface area (Å²) < 4.78 is 0.948. The highest BCUT2D eigenvalue weighted by Gasteiger charge is 2.12. The van der Waals surface area contributed by atoms with Crippen LogP contribution in [0.25, 0.3) is 0 Å². The summed E-state index contributed by atoms with van der Waals surface area (Å²) in [5, 5.41) is 0.685. The zero-order valence-corrected chi connectivity index (χ0v) is 10.5. The van der Waals surface area contributed by atoms with Gasteiger partial charge in [-0.05, 0) is 24.1 Å². The van der Waals surface area contributed by atoms with Crippen molar-refractivity contribution in [1.29, 1.82) is 0 Å². The number of terminal acetylenes is 1. The maximum Gasteiger partial charge on any atom is 0.0483 e. The third-order valence-corrected chi connectivity index (χ3v) is 2.94. The van der Waals surface area contributed by atoms with Crippen molar-refractivity contribution in [3.05, 3.63) is 33.3 Å². The van der Waals surface area contributed by atoms with Gasteiger partial charge in [0.2, 0.25) is 0 Å². The molecule has 0 radical (unpaired) electrons. The van der Waals surface area contributed by atoms with Crippen LogP contribution in [0, 0.1) is 12.3 Å². The van der Waals surface area contributed by atoms with Gasteiger partial charge in [-0.15, -0.1) is 12.3 Å². The van der Waals surface area contributed by atoms with Gasteiger partial charge in [0, 0.05) is 22.0 Å². The summed E-state index contributed by atoms with van der Waals surface area (Å²) in [7, 11) is 0. The van der Waals surface area contributed by atoms with E-state index in [1.807, 2.05) is 18.2 Å². The second-order valence-corrected chi connectivity index (χ2v) is 4.45. The maximum absolute atomic E-state index is 6.10. The summed E-state index contributed by atoms with van der Waals surface area (Å²) in [6, 6.07) is 5.72. The quantitative estimate of drug-likeness (QED) is 0.507. The van der Waals surface area contributed by atoms with Crippen molar-refractivity contribution in [3.63, 3.8) is 0 Å². The molecule has 0 saturated carbocycles. The van der Waals surface area contributed by atoms with Crippen molar-refractivity contribution in [2.45, 2.75) is 18.9 Å². The van der Waals surface area contributed by atoms with Gasteiger partial charge in [0.25, 0.3) is 0 Å². The van der Waals surface area contributed by atoms with Crippen LogP contribution in [0.2, 0.25) is 5.02 Å². The van der Waals surface area contributed by atoms with Gasteiger partial charge in [-0.2, -0.15) is 0 Å². The first kappa shape index (κ1) is 12.5. The molecule has 80 valence electrons. The molecule has 0 saturated heterocycles. The molecule has 1 unspecified atom stereocenters. The van der Waals surface area contributed by atoms with Crippen molar-refractivity contribution < 1.29 is 0 Å². The van der Waals surface area contributed by atoms with Gasteiger partial charge in [-0.1, -0.05) is 33.6 Å². The number of hydrazine groups is 1. The largest absolute Gasteiger partial charge is 0.271 e. The molecule has 1 atom stereocenters. The Bertz CT molecular complexity index is 373. The molecule has 4 heteroatoms. The van der Waals surface area contributed by atoms with Gasteiger partial charge in [0.15, 0.2) is 0 Å². The molecule has 0 heterocycles. The third kappa shape index (κ3) is 3.51. The lowest BCUT2D eigenvalue weighted by Crippen LogP contribution is -2.28. The molecule has 1 aromatic carbocycles. The normalized spacial score (nSPS) is 12.1. The first-order valence-corrected chi connectivity index (χ1v) is 5.70. The molecule has 15 heavy (non-hydrogen) atoms. The van der Waals surface area contributed by atoms with E-state index in [1.165, 1.54) is 0 Å². The number of nitrogens with two attached hydrogens (primary N) is 1. The number of nitrogens with one attached hydrogen (secondary N) is 1. The van der Waals surface area contributed by atoms with E-state index in [2.05, 4.69) is 27.3 Å². The number of halogens is 2. The number of rotatable bonds is 4. The van der Waals surface area contributed by atoms with Crippen molar-refractivity contribution in [2.24, 2.45) is 5.84 Å². The van der Waals surface area contributed by atoms with Crippen LogP contribution in [0.5, 0.6) is 0 Å². The Hall–Kier alpha value is -0.530. The van der Waals surface area contributed by atoms with Crippen LogP contribution in [-0.2, 0) is 0 Å². The van der Waals surface area contributed by atoms with Gasteiger partial charge in [-0.3, -0.25) is 11.3 Å². The predicted octanol–water partition coefficient (Wildman–Crippen LogP) is 3.02. The summed E-state index contributed by atoms with van der Waals surface area (Å²) in [4.78, 5) is 0. The molecule has 0 fully saturated rings. The minimum atomic E-state index is 0.00153. The minimum Gasteiger partial charge on any atom is -0.271 e. The second-order valence-electron chi connectivity index (χ2n) is 3.13. The van der Waals surface area contributed by atoms with Crippen LogP contribution in [0.3, 0.4) is 0 Å². The van der Waals surface area contributed by atoms with Crippen LogP contribution in [0.4, 0.5) is 0 Å². The van der Waals surface area contributed by atoms with E-state index in [4.69, 9.17) is 23.9 Å². The summed E-state index contributed by atoms with van der Waals surface area (Å²) in [6.07, 6.45) is 6.65. The van der Waals surface area contributed by atoms with Crippen LogP contribution in [0.15, 0.2) is 22.7 Å². The Morgan fingerprint density at radius 1 is 1.60 bits per heavy atom. The monoisotopic (exact) mass is 286 g/mol. The fraction of sp³-hybridized carbons (Fsp3) is 0.273. The number of hydrogen-bond donors (Lipinski definition) is 2. The van der Waals surface area contributed by atoms with E-state index < -0.39 is 0 Å². The van der Waals surface area contributed by atoms with Gasteiger partial charge in [-0.25, -0.2) is 0 Å². The average molecular weight is 288 g/mol. The summed E-state index contributed by atoms with van der Waals surface area (Å²) in [5.41, 5.74) is 3.69. The first-order valence-electron chi connectivity index (χ1n) is 4.53. The molecule has 0 spiro atoms. The lowest BCUT2D eigenvalue weighted by molar-refractivity contribution is 0.524. The van der Waals surface area contributed by atoms with Crippen LogP contribution in [-0.4, -0.2) is 0 Å². The molecular formula is C11H12BrClN2. The lowest BCUT2D eigenvalue weighted by atomic mass is 10.0. The summed E-state index contributed by atoms with van der Waals surface area (Å²) in [5.74, 6) is 8.05. The highest BCUT2D eigenvalue weighted by molar-refractivity contribution is 9.10. The summed E-state index contributed by atoms with van der Waals surface area (Å²) in [6.45, 7) is 0. The SMILES string of the molecule is C#CCCC(NN)c1ccc(Br)cc1Cl. The van der Waals surface area contributed by atoms with Crippen LogP contribution >= 0.6 is 27.5 Å². The Morgan fingerprint density at radius 2 is 2.33 bits per heavy atom. The molecule has 0 aliphatic rings. The van der Waals surface area contributed by atoms with E-state index in [9.17, 15) is 0 Å². The van der Waals surface area contributed by atoms with Gasteiger partial charge in [0.05, 0.1) is 0 Å². The molecule has 0 bridgehead atoms. The minimum absolute atomic E-state index is 0.00153. The highest BCUT2D eigenvalue weighted by atomic mass is 79.9. The molecule has 0 amide bonds. The summed E-state index contributed by atoms with van der Waals surface area (Å²) >= 11 is 9.46. The van der Waals surface area contributed by atoms with Crippen molar-refractivity contribution in [2.75, 3.05) is 0 Å². The Morgan fingerprint density at radius 3 is 2.87 bits per heavy atom. The van der Waals surface area contributed by atoms with E-state index in [-0.39, 0.29) is 6.04 Å². The van der Waals surface area contributed by atoms with Crippen LogP contribution < -0.4 is 11.3 Å². The smallest absolute Gasteiger partial charge is 0.0483 e. The molecule has 3 N–H and O–H groups in total. The molecule has 0 aromatic heterocycles. The third-order valence-electron chi connectivity index (χ3n) is 2.12. The molecule has 1 rings (SSSR count). The zero-order valence-electron chi connectivity index (χ0n) is 8.13. The Labute approximate surface area is 103 Å². The van der Waals surface area contributed by atoms with Crippen molar-refractivity contribution >= 4 is 27.5 Å². The lowest BCUT2D eigenvalue weighted by Gasteiger charge is -2.16. The van der Waals surface area contributed by atoms with Crippen molar-refractivity contribution in [1.82, 2.24) is 5.43 Å². The van der Waals surface area contributed by atoms with E-state index >= 15 is 0 Å². The molecular weight excluding hydrogens is 275 g/mol. The first-order chi connectivity index (χ1) is 7.19. The highest BCUT2D eigenvalue weighted by Crippen LogP contribution is 2.28. The average Bonchev–Trinajstić information content (AvgIpc) is 2.21. The fourth-order valence-corrected chi connectivity index (χ4v) is 2.15. The molecule has 2 nitrogen and oxygen atoms in total. The molecule has 0 aliphatic heterocycles. The van der Waals surface area contributed by atoms with E-state index in [0.29, 0.717) is 11.4 Å². The van der Waals surface area contributed by atoms with Crippen molar-refractivity contribution in [3.8, 4) is 12.3 Å². The standard InChI is InChI=1S/C11H12BrClN2/c1-2-3-4-11(15-14)9-6-5-8(12)7-10(9)13/h1,5-7,11,15H,3-4,14H2. The Kier molecular flexibility index (Phi) is 5.13. The number of hydrogen-bond acceptors (Lipinski definition) is 2. The fourth-order valence-electron chi connectivity index (χ4n) is 1.34. The second kappa shape index (κ2) is 6.14. The Balaban J connectivity index is 2.87.